The van der Waals surface area contributed by atoms with Gasteiger partial charge in [0.1, 0.15) is 11.5 Å². The number of halogens is 2. The second kappa shape index (κ2) is 8.76. The molecule has 31 heavy (non-hydrogen) atoms. The number of benzene rings is 3. The molecular formula is C24H17Cl2N3O2. The molecule has 1 amide bonds. The van der Waals surface area contributed by atoms with Crippen LogP contribution < -0.4 is 10.7 Å². The number of nitrogens with one attached hydrogen (secondary N) is 1. The Hall–Kier alpha value is -3.41. The predicted octanol–water partition coefficient (Wildman–Crippen LogP) is 5.77. The van der Waals surface area contributed by atoms with Gasteiger partial charge >= 0.3 is 0 Å². The van der Waals surface area contributed by atoms with Gasteiger partial charge in [0.25, 0.3) is 5.91 Å². The summed E-state index contributed by atoms with van der Waals surface area (Å²) in [5.74, 6) is -0.151. The van der Waals surface area contributed by atoms with E-state index in [0.29, 0.717) is 26.9 Å². The van der Waals surface area contributed by atoms with Crippen molar-refractivity contribution in [3.63, 3.8) is 0 Å². The van der Waals surface area contributed by atoms with Crippen LogP contribution in [0.1, 0.15) is 16.1 Å². The standard InChI is InChI=1S/C24H17Cl2N3O2/c1-15-22(30)21(19-9-5-6-10-20(19)26)23(27-24(31)16-7-3-2-4-8-16)29(28-15)18-13-11-17(25)12-14-18/h2-14H,1H3,(H,27,31). The van der Waals surface area contributed by atoms with Gasteiger partial charge in [0.2, 0.25) is 5.43 Å². The maximum atomic E-state index is 13.2. The van der Waals surface area contributed by atoms with Gasteiger partial charge in [-0.15, -0.1) is 0 Å². The van der Waals surface area contributed by atoms with E-state index in [1.54, 1.807) is 79.7 Å². The number of carbonyl (C=O) groups is 1. The number of carbonyl (C=O) groups excluding carboxylic acids is 1. The van der Waals surface area contributed by atoms with Gasteiger partial charge in [-0.05, 0) is 49.4 Å². The lowest BCUT2D eigenvalue weighted by atomic mass is 10.0. The van der Waals surface area contributed by atoms with Crippen LogP contribution in [0.15, 0.2) is 83.7 Å². The molecule has 154 valence electrons. The molecule has 0 saturated carbocycles. The Morgan fingerprint density at radius 3 is 2.23 bits per heavy atom. The lowest BCUT2D eigenvalue weighted by Gasteiger charge is -2.19. The van der Waals surface area contributed by atoms with E-state index in [1.165, 1.54) is 4.68 Å². The van der Waals surface area contributed by atoms with Gasteiger partial charge in [-0.25, -0.2) is 4.68 Å². The fraction of sp³-hybridized carbons (Fsp3) is 0.0417. The molecule has 0 bridgehead atoms. The van der Waals surface area contributed by atoms with Gasteiger partial charge in [0.05, 0.1) is 11.3 Å². The van der Waals surface area contributed by atoms with Crippen LogP contribution in [0.4, 0.5) is 5.82 Å². The molecule has 0 aliphatic heterocycles. The van der Waals surface area contributed by atoms with Gasteiger partial charge in [-0.2, -0.15) is 5.10 Å². The quantitative estimate of drug-likeness (QED) is 0.430. The summed E-state index contributed by atoms with van der Waals surface area (Å²) in [6, 6.07) is 22.7. The van der Waals surface area contributed by atoms with Gasteiger partial charge in [-0.3, -0.25) is 9.59 Å². The van der Waals surface area contributed by atoms with E-state index >= 15 is 0 Å². The Labute approximate surface area is 188 Å². The van der Waals surface area contributed by atoms with Crippen LogP contribution in [0.5, 0.6) is 0 Å². The monoisotopic (exact) mass is 449 g/mol. The maximum Gasteiger partial charge on any atom is 0.256 e. The van der Waals surface area contributed by atoms with Crippen molar-refractivity contribution in [3.05, 3.63) is 110 Å². The van der Waals surface area contributed by atoms with Gasteiger partial charge in [0, 0.05) is 21.2 Å². The zero-order valence-electron chi connectivity index (χ0n) is 16.5. The first kappa shape index (κ1) is 20.8. The van der Waals surface area contributed by atoms with Gasteiger partial charge < -0.3 is 5.32 Å². The zero-order chi connectivity index (χ0) is 22.0. The van der Waals surface area contributed by atoms with Crippen molar-refractivity contribution < 1.29 is 4.79 Å². The van der Waals surface area contributed by atoms with Crippen LogP contribution in [0.2, 0.25) is 10.0 Å². The smallest absolute Gasteiger partial charge is 0.256 e. The fourth-order valence-corrected chi connectivity index (χ4v) is 3.56. The molecule has 3 aromatic carbocycles. The first-order chi connectivity index (χ1) is 15.0. The van der Waals surface area contributed by atoms with Crippen molar-refractivity contribution in [2.24, 2.45) is 0 Å². The first-order valence-corrected chi connectivity index (χ1v) is 10.2. The molecule has 0 aliphatic carbocycles. The summed E-state index contributed by atoms with van der Waals surface area (Å²) in [6.45, 7) is 1.62. The number of anilines is 1. The van der Waals surface area contributed by atoms with E-state index in [2.05, 4.69) is 10.4 Å². The highest BCUT2D eigenvalue weighted by molar-refractivity contribution is 6.33. The normalized spacial score (nSPS) is 10.7. The van der Waals surface area contributed by atoms with Gasteiger partial charge in [-0.1, -0.05) is 59.6 Å². The topological polar surface area (TPSA) is 64.0 Å². The number of nitrogens with zero attached hydrogens (tertiary/aromatic N) is 2. The first-order valence-electron chi connectivity index (χ1n) is 9.47. The molecule has 0 spiro atoms. The van der Waals surface area contributed by atoms with Gasteiger partial charge in [0.15, 0.2) is 0 Å². The molecule has 1 N–H and O–H groups in total. The lowest BCUT2D eigenvalue weighted by Crippen LogP contribution is -2.25. The number of aryl methyl sites for hydroxylation is 1. The maximum absolute atomic E-state index is 13.2. The number of aromatic nitrogens is 2. The van der Waals surface area contributed by atoms with Crippen LogP contribution in [-0.2, 0) is 0 Å². The molecule has 0 atom stereocenters. The minimum absolute atomic E-state index is 0.222. The molecule has 0 aliphatic rings. The van der Waals surface area contributed by atoms with Crippen molar-refractivity contribution in [1.82, 2.24) is 9.78 Å². The summed E-state index contributed by atoms with van der Waals surface area (Å²) >= 11 is 12.5. The van der Waals surface area contributed by atoms with Crippen LogP contribution >= 0.6 is 23.2 Å². The summed E-state index contributed by atoms with van der Waals surface area (Å²) < 4.78 is 1.52. The lowest BCUT2D eigenvalue weighted by molar-refractivity contribution is 0.102. The molecule has 5 nitrogen and oxygen atoms in total. The highest BCUT2D eigenvalue weighted by Crippen LogP contribution is 2.32. The minimum atomic E-state index is -0.373. The summed E-state index contributed by atoms with van der Waals surface area (Å²) in [7, 11) is 0. The molecule has 0 saturated heterocycles. The Bertz CT molecular complexity index is 1320. The van der Waals surface area contributed by atoms with Crippen LogP contribution in [-0.4, -0.2) is 15.7 Å². The second-order valence-electron chi connectivity index (χ2n) is 6.83. The summed E-state index contributed by atoms with van der Waals surface area (Å²) in [6.07, 6.45) is 0. The van der Waals surface area contributed by atoms with E-state index in [9.17, 15) is 9.59 Å². The van der Waals surface area contributed by atoms with Crippen molar-refractivity contribution in [1.29, 1.82) is 0 Å². The molecular weight excluding hydrogens is 433 g/mol. The molecule has 1 aromatic heterocycles. The summed E-state index contributed by atoms with van der Waals surface area (Å²) in [4.78, 5) is 26.2. The van der Waals surface area contributed by atoms with E-state index in [4.69, 9.17) is 23.2 Å². The highest BCUT2D eigenvalue weighted by Gasteiger charge is 2.22. The molecule has 0 radical (unpaired) electrons. The minimum Gasteiger partial charge on any atom is -0.306 e. The predicted molar refractivity (Wildman–Crippen MR) is 124 cm³/mol. The average Bonchev–Trinajstić information content (AvgIpc) is 2.78. The number of amides is 1. The molecule has 1 heterocycles. The molecule has 4 aromatic rings. The molecule has 7 heteroatoms. The third-order valence-electron chi connectivity index (χ3n) is 4.74. The van der Waals surface area contributed by atoms with E-state index < -0.39 is 0 Å². The fourth-order valence-electron chi connectivity index (χ4n) is 3.21. The average molecular weight is 450 g/mol. The molecule has 0 fully saturated rings. The SMILES string of the molecule is Cc1nn(-c2ccc(Cl)cc2)c(NC(=O)c2ccccc2)c(-c2ccccc2Cl)c1=O. The van der Waals surface area contributed by atoms with Crippen molar-refractivity contribution >= 4 is 34.9 Å². The molecule has 0 unspecified atom stereocenters. The zero-order valence-corrected chi connectivity index (χ0v) is 18.0. The van der Waals surface area contributed by atoms with Crippen LogP contribution in [0, 0.1) is 6.92 Å². The number of hydrogen-bond donors (Lipinski definition) is 1. The van der Waals surface area contributed by atoms with E-state index in [0.717, 1.165) is 0 Å². The Morgan fingerprint density at radius 1 is 0.903 bits per heavy atom. The number of rotatable bonds is 4. The highest BCUT2D eigenvalue weighted by atomic mass is 35.5. The third-order valence-corrected chi connectivity index (χ3v) is 5.32. The van der Waals surface area contributed by atoms with E-state index in [1.807, 2.05) is 6.07 Å². The Balaban J connectivity index is 1.99. The van der Waals surface area contributed by atoms with Crippen LogP contribution in [0.25, 0.3) is 16.8 Å². The summed E-state index contributed by atoms with van der Waals surface area (Å²) in [5.41, 5.74) is 1.79. The van der Waals surface area contributed by atoms with E-state index in [-0.39, 0.29) is 28.4 Å². The van der Waals surface area contributed by atoms with Crippen molar-refractivity contribution in [2.45, 2.75) is 6.92 Å². The van der Waals surface area contributed by atoms with Crippen LogP contribution in [0.3, 0.4) is 0 Å². The second-order valence-corrected chi connectivity index (χ2v) is 7.67. The summed E-state index contributed by atoms with van der Waals surface area (Å²) in [5, 5.41) is 8.26. The largest absolute Gasteiger partial charge is 0.306 e. The third kappa shape index (κ3) is 4.24. The molecule has 4 rings (SSSR count). The van der Waals surface area contributed by atoms with Crippen molar-refractivity contribution in [2.75, 3.05) is 5.32 Å². The van der Waals surface area contributed by atoms with Crippen molar-refractivity contribution in [3.8, 4) is 16.8 Å². The Kier molecular flexibility index (Phi) is 5.89. The Morgan fingerprint density at radius 2 is 1.55 bits per heavy atom. The number of hydrogen-bond acceptors (Lipinski definition) is 3.